The van der Waals surface area contributed by atoms with Gasteiger partial charge in [0.1, 0.15) is 5.69 Å². The van der Waals surface area contributed by atoms with Crippen molar-refractivity contribution < 1.29 is 14.1 Å². The molecule has 3 aromatic rings. The Morgan fingerprint density at radius 1 is 0.964 bits per heavy atom. The summed E-state index contributed by atoms with van der Waals surface area (Å²) in [7, 11) is 3.43. The van der Waals surface area contributed by atoms with Gasteiger partial charge in [0, 0.05) is 44.4 Å². The highest BCUT2D eigenvalue weighted by molar-refractivity contribution is 5.94. The van der Waals surface area contributed by atoms with Crippen LogP contribution < -0.4 is 0 Å². The van der Waals surface area contributed by atoms with Crippen LogP contribution >= 0.6 is 0 Å². The van der Waals surface area contributed by atoms with E-state index in [1.165, 1.54) is 4.90 Å². The second-order valence-corrected chi connectivity index (χ2v) is 6.66. The molecule has 28 heavy (non-hydrogen) atoms. The number of benzene rings is 2. The number of rotatable bonds is 6. The maximum Gasteiger partial charge on any atom is 0.292 e. The first kappa shape index (κ1) is 19.4. The lowest BCUT2D eigenvalue weighted by Crippen LogP contribution is -2.30. The molecule has 6 heteroatoms. The third kappa shape index (κ3) is 4.28. The minimum Gasteiger partial charge on any atom is -0.350 e. The SMILES string of the molecule is CCN(Cc1ccc(C(=O)N(C)C)cc1)C(=O)c1cc(-c2ccccc2)no1. The molecule has 0 aliphatic rings. The van der Waals surface area contributed by atoms with Crippen molar-refractivity contribution in [1.82, 2.24) is 15.0 Å². The van der Waals surface area contributed by atoms with E-state index in [1.54, 1.807) is 37.2 Å². The highest BCUT2D eigenvalue weighted by Crippen LogP contribution is 2.20. The van der Waals surface area contributed by atoms with Crippen molar-refractivity contribution in [3.05, 3.63) is 77.6 Å². The van der Waals surface area contributed by atoms with Gasteiger partial charge in [-0.15, -0.1) is 0 Å². The van der Waals surface area contributed by atoms with E-state index in [9.17, 15) is 9.59 Å². The van der Waals surface area contributed by atoms with Gasteiger partial charge in [0.15, 0.2) is 0 Å². The van der Waals surface area contributed by atoms with Crippen LogP contribution in [-0.2, 0) is 6.54 Å². The van der Waals surface area contributed by atoms with E-state index < -0.39 is 0 Å². The second-order valence-electron chi connectivity index (χ2n) is 6.66. The van der Waals surface area contributed by atoms with Crippen LogP contribution in [0.25, 0.3) is 11.3 Å². The molecule has 0 aliphatic carbocycles. The van der Waals surface area contributed by atoms with E-state index in [2.05, 4.69) is 5.16 Å². The number of aromatic nitrogens is 1. The zero-order valence-electron chi connectivity index (χ0n) is 16.3. The lowest BCUT2D eigenvalue weighted by atomic mass is 10.1. The predicted octanol–water partition coefficient (Wildman–Crippen LogP) is 3.71. The van der Waals surface area contributed by atoms with Crippen molar-refractivity contribution in [2.45, 2.75) is 13.5 Å². The fourth-order valence-electron chi connectivity index (χ4n) is 2.84. The summed E-state index contributed by atoms with van der Waals surface area (Å²) in [6, 6.07) is 18.5. The van der Waals surface area contributed by atoms with Gasteiger partial charge in [-0.2, -0.15) is 0 Å². The normalized spacial score (nSPS) is 10.5. The van der Waals surface area contributed by atoms with E-state index in [0.717, 1.165) is 11.1 Å². The largest absolute Gasteiger partial charge is 0.350 e. The van der Waals surface area contributed by atoms with Gasteiger partial charge in [-0.25, -0.2) is 0 Å². The Morgan fingerprint density at radius 2 is 1.64 bits per heavy atom. The topological polar surface area (TPSA) is 66.7 Å². The van der Waals surface area contributed by atoms with Crippen molar-refractivity contribution in [2.75, 3.05) is 20.6 Å². The molecule has 0 unspecified atom stereocenters. The predicted molar refractivity (Wildman–Crippen MR) is 107 cm³/mol. The van der Waals surface area contributed by atoms with E-state index >= 15 is 0 Å². The molecular formula is C22H23N3O3. The molecule has 0 spiro atoms. The van der Waals surface area contributed by atoms with E-state index in [-0.39, 0.29) is 17.6 Å². The smallest absolute Gasteiger partial charge is 0.292 e. The molecule has 6 nitrogen and oxygen atoms in total. The van der Waals surface area contributed by atoms with Crippen LogP contribution in [0.5, 0.6) is 0 Å². The monoisotopic (exact) mass is 377 g/mol. The van der Waals surface area contributed by atoms with Crippen LogP contribution in [0.15, 0.2) is 65.2 Å². The Balaban J connectivity index is 1.72. The van der Waals surface area contributed by atoms with Gasteiger partial charge < -0.3 is 14.3 Å². The molecule has 2 amide bonds. The molecule has 0 N–H and O–H groups in total. The fourth-order valence-corrected chi connectivity index (χ4v) is 2.84. The lowest BCUT2D eigenvalue weighted by Gasteiger charge is -2.19. The molecule has 1 aromatic heterocycles. The molecule has 0 aliphatic heterocycles. The number of carbonyl (C=O) groups excluding carboxylic acids is 2. The molecule has 0 saturated carbocycles. The van der Waals surface area contributed by atoms with Crippen molar-refractivity contribution in [3.63, 3.8) is 0 Å². The molecule has 3 rings (SSSR count). The van der Waals surface area contributed by atoms with Gasteiger partial charge in [-0.1, -0.05) is 47.6 Å². The summed E-state index contributed by atoms with van der Waals surface area (Å²) < 4.78 is 5.29. The minimum atomic E-state index is -0.217. The zero-order valence-corrected chi connectivity index (χ0v) is 16.3. The highest BCUT2D eigenvalue weighted by atomic mass is 16.5. The molecule has 0 radical (unpaired) electrons. The van der Waals surface area contributed by atoms with Crippen molar-refractivity contribution in [3.8, 4) is 11.3 Å². The molecule has 0 fully saturated rings. The second kappa shape index (κ2) is 8.52. The van der Waals surface area contributed by atoms with Crippen LogP contribution in [0.4, 0.5) is 0 Å². The van der Waals surface area contributed by atoms with Gasteiger partial charge in [0.05, 0.1) is 0 Å². The van der Waals surface area contributed by atoms with Crippen LogP contribution in [0, 0.1) is 0 Å². The average Bonchev–Trinajstić information content (AvgIpc) is 3.22. The highest BCUT2D eigenvalue weighted by Gasteiger charge is 2.20. The Labute approximate surface area is 164 Å². The van der Waals surface area contributed by atoms with Crippen LogP contribution in [-0.4, -0.2) is 47.4 Å². The first-order chi connectivity index (χ1) is 13.5. The van der Waals surface area contributed by atoms with Crippen LogP contribution in [0.1, 0.15) is 33.4 Å². The van der Waals surface area contributed by atoms with Gasteiger partial charge in [-0.05, 0) is 24.6 Å². The third-order valence-corrected chi connectivity index (χ3v) is 4.44. The summed E-state index contributed by atoms with van der Waals surface area (Å²) in [6.07, 6.45) is 0. The summed E-state index contributed by atoms with van der Waals surface area (Å²) in [5.41, 5.74) is 3.08. The van der Waals surface area contributed by atoms with Gasteiger partial charge in [-0.3, -0.25) is 9.59 Å². The number of hydrogen-bond donors (Lipinski definition) is 0. The number of amides is 2. The van der Waals surface area contributed by atoms with Gasteiger partial charge in [0.25, 0.3) is 11.8 Å². The van der Waals surface area contributed by atoms with E-state index in [4.69, 9.17) is 4.52 Å². The first-order valence-corrected chi connectivity index (χ1v) is 9.11. The summed E-state index contributed by atoms with van der Waals surface area (Å²) in [5.74, 6) is -0.0594. The molecule has 1 heterocycles. The molecule has 0 atom stereocenters. The molecule has 2 aromatic carbocycles. The Bertz CT molecular complexity index is 947. The van der Waals surface area contributed by atoms with Gasteiger partial charge >= 0.3 is 0 Å². The summed E-state index contributed by atoms with van der Waals surface area (Å²) in [5, 5.41) is 4.01. The first-order valence-electron chi connectivity index (χ1n) is 9.11. The minimum absolute atomic E-state index is 0.0509. The van der Waals surface area contributed by atoms with Crippen molar-refractivity contribution >= 4 is 11.8 Å². The number of hydrogen-bond acceptors (Lipinski definition) is 4. The summed E-state index contributed by atoms with van der Waals surface area (Å²) in [4.78, 5) is 28.0. The molecule has 0 saturated heterocycles. The summed E-state index contributed by atoms with van der Waals surface area (Å²) in [6.45, 7) is 2.86. The lowest BCUT2D eigenvalue weighted by molar-refractivity contribution is 0.0710. The van der Waals surface area contributed by atoms with E-state index in [0.29, 0.717) is 24.3 Å². The molecule has 144 valence electrons. The standard InChI is InChI=1S/C22H23N3O3/c1-4-25(15-16-10-12-18(13-11-16)21(26)24(2)3)22(27)20-14-19(23-28-20)17-8-6-5-7-9-17/h5-14H,4,15H2,1-3H3. The Morgan fingerprint density at radius 3 is 2.25 bits per heavy atom. The molecular weight excluding hydrogens is 354 g/mol. The molecule has 0 bridgehead atoms. The Kier molecular flexibility index (Phi) is 5.89. The van der Waals surface area contributed by atoms with Gasteiger partial charge in [0.2, 0.25) is 5.76 Å². The fraction of sp³-hybridized carbons (Fsp3) is 0.227. The quantitative estimate of drug-likeness (QED) is 0.657. The maximum absolute atomic E-state index is 12.8. The Hall–Kier alpha value is -3.41. The summed E-state index contributed by atoms with van der Waals surface area (Å²) >= 11 is 0. The zero-order chi connectivity index (χ0) is 20.1. The number of carbonyl (C=O) groups is 2. The van der Waals surface area contributed by atoms with Crippen LogP contribution in [0.3, 0.4) is 0 Å². The average molecular weight is 377 g/mol. The van der Waals surface area contributed by atoms with E-state index in [1.807, 2.05) is 49.4 Å². The van der Waals surface area contributed by atoms with Crippen molar-refractivity contribution in [1.29, 1.82) is 0 Å². The maximum atomic E-state index is 12.8. The van der Waals surface area contributed by atoms with Crippen LogP contribution in [0.2, 0.25) is 0 Å². The van der Waals surface area contributed by atoms with Crippen molar-refractivity contribution in [2.24, 2.45) is 0 Å². The third-order valence-electron chi connectivity index (χ3n) is 4.44. The number of nitrogens with zero attached hydrogens (tertiary/aromatic N) is 3.